The highest BCUT2D eigenvalue weighted by atomic mass is 32.1. The number of carbonyl (C=O) groups is 3. The SMILES string of the molecule is C=C(Nc1cccn([C@@H](Cc2ccsc2)C(=O)NC(CC(=O)O)C(=O)CF)c1=O)c1ccccc1. The molecular formula is C25H24FN3O5S. The molecule has 35 heavy (non-hydrogen) atoms. The van der Waals surface area contributed by atoms with Crippen molar-refractivity contribution in [3.05, 3.63) is 93.5 Å². The second-order valence-corrected chi connectivity index (χ2v) is 8.49. The number of carbonyl (C=O) groups excluding carboxylic acids is 2. The highest BCUT2D eigenvalue weighted by molar-refractivity contribution is 7.07. The molecule has 3 aromatic rings. The minimum atomic E-state index is -1.55. The molecule has 0 fully saturated rings. The average Bonchev–Trinajstić information content (AvgIpc) is 3.36. The molecule has 1 unspecified atom stereocenters. The van der Waals surface area contributed by atoms with Crippen molar-refractivity contribution in [1.82, 2.24) is 9.88 Å². The summed E-state index contributed by atoms with van der Waals surface area (Å²) in [7, 11) is 0. The number of carboxylic acid groups (broad SMARTS) is 1. The molecule has 2 atom stereocenters. The molecule has 1 amide bonds. The van der Waals surface area contributed by atoms with Gasteiger partial charge in [-0.2, -0.15) is 11.3 Å². The second-order valence-electron chi connectivity index (χ2n) is 7.71. The molecule has 2 heterocycles. The van der Waals surface area contributed by atoms with Crippen molar-refractivity contribution in [3.8, 4) is 0 Å². The fraction of sp³-hybridized carbons (Fsp3) is 0.200. The van der Waals surface area contributed by atoms with Crippen molar-refractivity contribution in [3.63, 3.8) is 0 Å². The van der Waals surface area contributed by atoms with Crippen LogP contribution in [0.25, 0.3) is 5.70 Å². The van der Waals surface area contributed by atoms with Gasteiger partial charge in [0.05, 0.1) is 6.42 Å². The Hall–Kier alpha value is -4.05. The number of benzene rings is 1. The molecule has 0 radical (unpaired) electrons. The van der Waals surface area contributed by atoms with Gasteiger partial charge in [-0.15, -0.1) is 0 Å². The zero-order chi connectivity index (χ0) is 25.4. The fourth-order valence-corrected chi connectivity index (χ4v) is 4.14. The molecule has 1 aromatic carbocycles. The Labute approximate surface area is 204 Å². The van der Waals surface area contributed by atoms with Gasteiger partial charge in [-0.3, -0.25) is 19.2 Å². The minimum Gasteiger partial charge on any atom is -0.481 e. The second kappa shape index (κ2) is 11.9. The maximum absolute atomic E-state index is 13.3. The highest BCUT2D eigenvalue weighted by Crippen LogP contribution is 2.19. The van der Waals surface area contributed by atoms with Crippen LogP contribution in [-0.2, 0) is 20.8 Å². The lowest BCUT2D eigenvalue weighted by atomic mass is 10.1. The fourth-order valence-electron chi connectivity index (χ4n) is 3.46. The van der Waals surface area contributed by atoms with Crippen LogP contribution in [0.3, 0.4) is 0 Å². The van der Waals surface area contributed by atoms with E-state index in [2.05, 4.69) is 17.2 Å². The number of hydrogen-bond acceptors (Lipinski definition) is 6. The van der Waals surface area contributed by atoms with E-state index < -0.39 is 48.4 Å². The summed E-state index contributed by atoms with van der Waals surface area (Å²) in [6.45, 7) is 2.54. The van der Waals surface area contributed by atoms with Crippen molar-refractivity contribution in [2.24, 2.45) is 0 Å². The zero-order valence-electron chi connectivity index (χ0n) is 18.6. The number of nitrogens with zero attached hydrogens (tertiary/aromatic N) is 1. The van der Waals surface area contributed by atoms with Crippen LogP contribution in [0.5, 0.6) is 0 Å². The van der Waals surface area contributed by atoms with Crippen LogP contribution in [0, 0.1) is 0 Å². The summed E-state index contributed by atoms with van der Waals surface area (Å²) in [6, 6.07) is 11.4. The molecule has 3 N–H and O–H groups in total. The van der Waals surface area contributed by atoms with E-state index in [1.807, 2.05) is 41.1 Å². The number of rotatable bonds is 12. The van der Waals surface area contributed by atoms with E-state index in [0.29, 0.717) is 5.70 Å². The Morgan fingerprint density at radius 3 is 2.49 bits per heavy atom. The van der Waals surface area contributed by atoms with Gasteiger partial charge in [-0.1, -0.05) is 36.9 Å². The van der Waals surface area contributed by atoms with Crippen molar-refractivity contribution >= 4 is 40.4 Å². The summed E-state index contributed by atoms with van der Waals surface area (Å²) < 4.78 is 14.2. The number of pyridine rings is 1. The maximum Gasteiger partial charge on any atom is 0.305 e. The van der Waals surface area contributed by atoms with Crippen LogP contribution in [0.4, 0.5) is 10.1 Å². The van der Waals surface area contributed by atoms with Gasteiger partial charge in [0.15, 0.2) is 5.78 Å². The highest BCUT2D eigenvalue weighted by Gasteiger charge is 2.29. The molecule has 0 aliphatic heterocycles. The number of anilines is 1. The van der Waals surface area contributed by atoms with Crippen LogP contribution in [0.15, 0.2) is 76.9 Å². The van der Waals surface area contributed by atoms with Gasteiger partial charge in [0.1, 0.15) is 24.4 Å². The van der Waals surface area contributed by atoms with Crippen molar-refractivity contribution in [2.75, 3.05) is 12.0 Å². The Morgan fingerprint density at radius 2 is 1.86 bits per heavy atom. The number of amides is 1. The summed E-state index contributed by atoms with van der Waals surface area (Å²) in [6.07, 6.45) is 0.758. The first-order valence-electron chi connectivity index (χ1n) is 10.6. The number of aliphatic carboxylic acids is 1. The van der Waals surface area contributed by atoms with Crippen LogP contribution >= 0.6 is 11.3 Å². The molecule has 0 spiro atoms. The smallest absolute Gasteiger partial charge is 0.305 e. The third-order valence-corrected chi connectivity index (χ3v) is 5.98. The van der Waals surface area contributed by atoms with Crippen LogP contribution < -0.4 is 16.2 Å². The number of hydrogen-bond donors (Lipinski definition) is 3. The number of aromatic nitrogens is 1. The number of halogens is 1. The van der Waals surface area contributed by atoms with Gasteiger partial charge in [0.2, 0.25) is 5.91 Å². The third-order valence-electron chi connectivity index (χ3n) is 5.25. The van der Waals surface area contributed by atoms with Crippen LogP contribution in [0.1, 0.15) is 23.6 Å². The largest absolute Gasteiger partial charge is 0.481 e. The van der Waals surface area contributed by atoms with Gasteiger partial charge < -0.3 is 20.3 Å². The van der Waals surface area contributed by atoms with Crippen LogP contribution in [0.2, 0.25) is 0 Å². The number of ketones is 1. The minimum absolute atomic E-state index is 0.0991. The molecule has 182 valence electrons. The molecule has 0 bridgehead atoms. The quantitative estimate of drug-likeness (QED) is 0.354. The van der Waals surface area contributed by atoms with E-state index >= 15 is 0 Å². The molecule has 2 aromatic heterocycles. The first-order chi connectivity index (χ1) is 16.8. The lowest BCUT2D eigenvalue weighted by Crippen LogP contribution is -2.47. The number of alkyl halides is 1. The molecule has 0 aliphatic carbocycles. The van der Waals surface area contributed by atoms with Gasteiger partial charge in [-0.25, -0.2) is 4.39 Å². The first-order valence-corrected chi connectivity index (χ1v) is 11.6. The van der Waals surface area contributed by atoms with Gasteiger partial charge in [-0.05, 0) is 40.1 Å². The normalized spacial score (nSPS) is 12.4. The lowest BCUT2D eigenvalue weighted by Gasteiger charge is -2.23. The first kappa shape index (κ1) is 25.6. The molecule has 10 heteroatoms. The monoisotopic (exact) mass is 497 g/mol. The number of Topliss-reactive ketones (excluding diaryl/α,β-unsaturated/α-hetero) is 1. The Morgan fingerprint density at radius 1 is 1.11 bits per heavy atom. The summed E-state index contributed by atoms with van der Waals surface area (Å²) in [5.74, 6) is -3.20. The summed E-state index contributed by atoms with van der Waals surface area (Å²) in [5, 5.41) is 18.0. The summed E-state index contributed by atoms with van der Waals surface area (Å²) >= 11 is 1.41. The molecule has 0 saturated carbocycles. The van der Waals surface area contributed by atoms with Crippen molar-refractivity contribution < 1.29 is 23.9 Å². The van der Waals surface area contributed by atoms with E-state index in [1.165, 1.54) is 22.1 Å². The van der Waals surface area contributed by atoms with Crippen molar-refractivity contribution in [2.45, 2.75) is 24.9 Å². The molecule has 0 saturated heterocycles. The predicted octanol–water partition coefficient (Wildman–Crippen LogP) is 3.27. The third kappa shape index (κ3) is 6.73. The average molecular weight is 498 g/mol. The van der Waals surface area contributed by atoms with Crippen molar-refractivity contribution in [1.29, 1.82) is 0 Å². The van der Waals surface area contributed by atoms with E-state index in [1.54, 1.807) is 18.2 Å². The van der Waals surface area contributed by atoms with E-state index in [0.717, 1.165) is 11.1 Å². The molecule has 3 rings (SSSR count). The lowest BCUT2D eigenvalue weighted by molar-refractivity contribution is -0.140. The Balaban J connectivity index is 1.93. The maximum atomic E-state index is 13.3. The number of carboxylic acids is 1. The summed E-state index contributed by atoms with van der Waals surface area (Å²) in [5.41, 5.74) is 1.67. The van der Waals surface area contributed by atoms with E-state index in [-0.39, 0.29) is 12.1 Å². The Bertz CT molecular complexity index is 1260. The number of thiophene rings is 1. The van der Waals surface area contributed by atoms with Gasteiger partial charge in [0.25, 0.3) is 5.56 Å². The topological polar surface area (TPSA) is 118 Å². The zero-order valence-corrected chi connectivity index (χ0v) is 19.5. The van der Waals surface area contributed by atoms with Gasteiger partial charge in [0, 0.05) is 18.3 Å². The van der Waals surface area contributed by atoms with Gasteiger partial charge >= 0.3 is 5.97 Å². The van der Waals surface area contributed by atoms with Crippen LogP contribution in [-0.4, -0.2) is 40.0 Å². The molecule has 0 aliphatic rings. The molecular weight excluding hydrogens is 473 g/mol. The predicted molar refractivity (Wildman–Crippen MR) is 132 cm³/mol. The standard InChI is InChI=1S/C25H24FN3O5S/c1-16(18-6-3-2-4-7-18)27-19-8-5-10-29(25(19)34)21(12-17-9-11-35-15-17)24(33)28-20(13-23(31)32)22(30)14-26/h2-11,15,20-21,27H,1,12-14H2,(H,28,33)(H,31,32)/t20?,21-/m0/s1. The summed E-state index contributed by atoms with van der Waals surface area (Å²) in [4.78, 5) is 49.6. The number of nitrogens with one attached hydrogen (secondary N) is 2. The van der Waals surface area contributed by atoms with E-state index in [9.17, 15) is 23.6 Å². The Kier molecular flexibility index (Phi) is 8.69. The molecule has 8 nitrogen and oxygen atoms in total. The van der Waals surface area contributed by atoms with E-state index in [4.69, 9.17) is 5.11 Å².